The molecule has 0 amide bonds. The first-order valence-electron chi connectivity index (χ1n) is 6.31. The molecule has 4 nitrogen and oxygen atoms in total. The molecular weight excluding hydrogens is 354 g/mol. The highest BCUT2D eigenvalue weighted by Gasteiger charge is 2.09. The molecule has 0 fully saturated rings. The third-order valence-electron chi connectivity index (χ3n) is 2.97. The van der Waals surface area contributed by atoms with Crippen LogP contribution in [0.1, 0.15) is 11.1 Å². The first-order valence-corrected chi connectivity index (χ1v) is 9.00. The van der Waals surface area contributed by atoms with Crippen LogP contribution < -0.4 is 5.32 Å². The summed E-state index contributed by atoms with van der Waals surface area (Å²) in [5, 5.41) is 12.3. The van der Waals surface area contributed by atoms with Gasteiger partial charge in [0.1, 0.15) is 0 Å². The van der Waals surface area contributed by atoms with Gasteiger partial charge in [-0.25, -0.2) is 8.42 Å². The fourth-order valence-corrected chi connectivity index (χ4v) is 3.25. The molecule has 112 valence electrons. The van der Waals surface area contributed by atoms with Gasteiger partial charge in [0.05, 0.1) is 11.5 Å². The number of aliphatic hydroxyl groups is 1. The molecule has 0 aliphatic carbocycles. The largest absolute Gasteiger partial charge is 0.392 e. The number of hydrogen-bond donors (Lipinski definition) is 2. The number of anilines is 1. The molecule has 6 heteroatoms. The summed E-state index contributed by atoms with van der Waals surface area (Å²) in [6.45, 7) is 0.552. The van der Waals surface area contributed by atoms with Crippen molar-refractivity contribution in [2.24, 2.45) is 0 Å². The molecule has 0 saturated heterocycles. The van der Waals surface area contributed by atoms with E-state index in [1.165, 1.54) is 6.26 Å². The van der Waals surface area contributed by atoms with Crippen molar-refractivity contribution in [2.75, 3.05) is 11.6 Å². The third-order valence-corrected chi connectivity index (χ3v) is 4.52. The van der Waals surface area contributed by atoms with E-state index < -0.39 is 9.84 Å². The Hall–Kier alpha value is -1.37. The monoisotopic (exact) mass is 369 g/mol. The molecule has 2 rings (SSSR count). The van der Waals surface area contributed by atoms with Gasteiger partial charge in [0.15, 0.2) is 9.84 Å². The Morgan fingerprint density at radius 1 is 1.14 bits per heavy atom. The van der Waals surface area contributed by atoms with Gasteiger partial charge in [-0.2, -0.15) is 0 Å². The van der Waals surface area contributed by atoms with Crippen LogP contribution in [-0.2, 0) is 23.0 Å². The molecule has 0 radical (unpaired) electrons. The maximum atomic E-state index is 11.6. The standard InChI is InChI=1S/C15H16BrNO3S/c1-21(19,20)15-7-13(16)6-14(8-15)17-9-11-3-2-4-12(5-11)10-18/h2-8,17-18H,9-10H2,1H3. The van der Waals surface area contributed by atoms with Gasteiger partial charge in [-0.3, -0.25) is 0 Å². The van der Waals surface area contributed by atoms with Crippen LogP contribution in [0.5, 0.6) is 0 Å². The SMILES string of the molecule is CS(=O)(=O)c1cc(Br)cc(NCc2cccc(CO)c2)c1. The number of aliphatic hydroxyl groups excluding tert-OH is 1. The molecule has 21 heavy (non-hydrogen) atoms. The fourth-order valence-electron chi connectivity index (χ4n) is 1.92. The number of halogens is 1. The van der Waals surface area contributed by atoms with Gasteiger partial charge >= 0.3 is 0 Å². The maximum absolute atomic E-state index is 11.6. The van der Waals surface area contributed by atoms with Gasteiger partial charge in [0, 0.05) is 23.0 Å². The fraction of sp³-hybridized carbons (Fsp3) is 0.200. The molecule has 0 saturated carbocycles. The Kier molecular flexibility index (Phi) is 5.03. The lowest BCUT2D eigenvalue weighted by molar-refractivity contribution is 0.281. The predicted octanol–water partition coefficient (Wildman–Crippen LogP) is 2.96. The third kappa shape index (κ3) is 4.56. The lowest BCUT2D eigenvalue weighted by Crippen LogP contribution is -2.03. The van der Waals surface area contributed by atoms with Gasteiger partial charge in [-0.1, -0.05) is 40.2 Å². The van der Waals surface area contributed by atoms with E-state index in [1.807, 2.05) is 30.3 Å². The van der Waals surface area contributed by atoms with Crippen LogP contribution in [0.4, 0.5) is 5.69 Å². The predicted molar refractivity (Wildman–Crippen MR) is 86.9 cm³/mol. The van der Waals surface area contributed by atoms with Gasteiger partial charge < -0.3 is 10.4 Å². The second-order valence-corrected chi connectivity index (χ2v) is 7.71. The van der Waals surface area contributed by atoms with Crippen molar-refractivity contribution in [3.8, 4) is 0 Å². The molecule has 0 aromatic heterocycles. The van der Waals surface area contributed by atoms with Gasteiger partial charge in [-0.15, -0.1) is 0 Å². The van der Waals surface area contributed by atoms with E-state index in [9.17, 15) is 8.42 Å². The van der Waals surface area contributed by atoms with E-state index in [1.54, 1.807) is 12.1 Å². The van der Waals surface area contributed by atoms with E-state index in [2.05, 4.69) is 21.2 Å². The molecule has 0 heterocycles. The lowest BCUT2D eigenvalue weighted by atomic mass is 10.1. The second-order valence-electron chi connectivity index (χ2n) is 4.78. The molecule has 2 N–H and O–H groups in total. The summed E-state index contributed by atoms with van der Waals surface area (Å²) in [4.78, 5) is 0.267. The van der Waals surface area contributed by atoms with Crippen molar-refractivity contribution in [3.05, 3.63) is 58.1 Å². The number of nitrogens with one attached hydrogen (secondary N) is 1. The molecular formula is C15H16BrNO3S. The summed E-state index contributed by atoms with van der Waals surface area (Å²) in [5.41, 5.74) is 2.59. The van der Waals surface area contributed by atoms with Gasteiger partial charge in [-0.05, 0) is 29.3 Å². The van der Waals surface area contributed by atoms with Gasteiger partial charge in [0.25, 0.3) is 0 Å². The highest BCUT2D eigenvalue weighted by atomic mass is 79.9. The van der Waals surface area contributed by atoms with Crippen LogP contribution in [0.15, 0.2) is 51.8 Å². The van der Waals surface area contributed by atoms with Crippen molar-refractivity contribution < 1.29 is 13.5 Å². The van der Waals surface area contributed by atoms with Crippen molar-refractivity contribution in [1.29, 1.82) is 0 Å². The molecule has 0 aliphatic rings. The summed E-state index contributed by atoms with van der Waals surface area (Å²) >= 11 is 3.32. The Balaban J connectivity index is 2.18. The van der Waals surface area contributed by atoms with Crippen molar-refractivity contribution in [3.63, 3.8) is 0 Å². The molecule has 2 aromatic carbocycles. The van der Waals surface area contributed by atoms with Crippen LogP contribution >= 0.6 is 15.9 Å². The summed E-state index contributed by atoms with van der Waals surface area (Å²) in [7, 11) is -3.24. The summed E-state index contributed by atoms with van der Waals surface area (Å²) < 4.78 is 23.9. The zero-order valence-electron chi connectivity index (χ0n) is 11.5. The van der Waals surface area contributed by atoms with Crippen LogP contribution in [0.2, 0.25) is 0 Å². The van der Waals surface area contributed by atoms with Crippen LogP contribution in [-0.4, -0.2) is 19.8 Å². The van der Waals surface area contributed by atoms with E-state index >= 15 is 0 Å². The Morgan fingerprint density at radius 3 is 2.52 bits per heavy atom. The minimum atomic E-state index is -3.24. The molecule has 0 unspecified atom stereocenters. The summed E-state index contributed by atoms with van der Waals surface area (Å²) in [6.07, 6.45) is 1.18. The first-order chi connectivity index (χ1) is 9.88. The highest BCUT2D eigenvalue weighted by molar-refractivity contribution is 9.10. The van der Waals surface area contributed by atoms with Crippen LogP contribution in [0.3, 0.4) is 0 Å². The summed E-state index contributed by atoms with van der Waals surface area (Å²) in [6, 6.07) is 12.6. The van der Waals surface area contributed by atoms with Crippen LogP contribution in [0, 0.1) is 0 Å². The zero-order valence-corrected chi connectivity index (χ0v) is 13.9. The quantitative estimate of drug-likeness (QED) is 0.849. The summed E-state index contributed by atoms with van der Waals surface area (Å²) in [5.74, 6) is 0. The van der Waals surface area contributed by atoms with E-state index in [0.717, 1.165) is 16.8 Å². The smallest absolute Gasteiger partial charge is 0.175 e. The van der Waals surface area contributed by atoms with E-state index in [-0.39, 0.29) is 11.5 Å². The number of sulfone groups is 1. The van der Waals surface area contributed by atoms with Crippen molar-refractivity contribution in [1.82, 2.24) is 0 Å². The molecule has 0 atom stereocenters. The number of hydrogen-bond acceptors (Lipinski definition) is 4. The van der Waals surface area contributed by atoms with Crippen LogP contribution in [0.25, 0.3) is 0 Å². The maximum Gasteiger partial charge on any atom is 0.175 e. The van der Waals surface area contributed by atoms with Crippen molar-refractivity contribution >= 4 is 31.5 Å². The Bertz CT molecular complexity index is 744. The van der Waals surface area contributed by atoms with E-state index in [0.29, 0.717) is 11.0 Å². The zero-order chi connectivity index (χ0) is 15.5. The average Bonchev–Trinajstić information content (AvgIpc) is 2.44. The number of rotatable bonds is 5. The van der Waals surface area contributed by atoms with Gasteiger partial charge in [0.2, 0.25) is 0 Å². The molecule has 0 aliphatic heterocycles. The highest BCUT2D eigenvalue weighted by Crippen LogP contribution is 2.23. The number of benzene rings is 2. The normalized spacial score (nSPS) is 11.4. The van der Waals surface area contributed by atoms with E-state index in [4.69, 9.17) is 5.11 Å². The molecule has 0 spiro atoms. The Morgan fingerprint density at radius 2 is 1.86 bits per heavy atom. The first kappa shape index (κ1) is 16.0. The Labute approximate surface area is 132 Å². The molecule has 0 bridgehead atoms. The lowest BCUT2D eigenvalue weighted by Gasteiger charge is -2.10. The average molecular weight is 370 g/mol. The minimum absolute atomic E-state index is 0.00293. The topological polar surface area (TPSA) is 66.4 Å². The van der Waals surface area contributed by atoms with Crippen molar-refractivity contribution in [2.45, 2.75) is 18.0 Å². The second kappa shape index (κ2) is 6.60. The molecule has 2 aromatic rings. The minimum Gasteiger partial charge on any atom is -0.392 e.